The zero-order chi connectivity index (χ0) is 23.4. The van der Waals surface area contributed by atoms with E-state index in [-0.39, 0.29) is 24.9 Å². The first-order chi connectivity index (χ1) is 16.0. The number of hydrogen-bond donors (Lipinski definition) is 1. The number of nitrogens with zero attached hydrogens (tertiary/aromatic N) is 1. The highest BCUT2D eigenvalue weighted by molar-refractivity contribution is 7.85. The van der Waals surface area contributed by atoms with Crippen LogP contribution in [0.4, 0.5) is 5.69 Å². The van der Waals surface area contributed by atoms with Gasteiger partial charge in [0.15, 0.2) is 6.29 Å². The number of anilines is 1. The molecule has 2 amide bonds. The van der Waals surface area contributed by atoms with E-state index in [0.29, 0.717) is 26.6 Å². The number of amides is 2. The molecule has 1 heterocycles. The molecular weight excluding hydrogens is 440 g/mol. The quantitative estimate of drug-likeness (QED) is 0.542. The molecule has 0 saturated carbocycles. The van der Waals surface area contributed by atoms with Crippen molar-refractivity contribution in [3.05, 3.63) is 89.5 Å². The van der Waals surface area contributed by atoms with E-state index < -0.39 is 17.1 Å². The summed E-state index contributed by atoms with van der Waals surface area (Å²) in [6, 6.07) is 21.3. The van der Waals surface area contributed by atoms with Crippen molar-refractivity contribution in [1.82, 2.24) is 5.32 Å². The fraction of sp³-hybridized carbons (Fsp3) is 0.200. The van der Waals surface area contributed by atoms with Crippen molar-refractivity contribution in [3.8, 4) is 0 Å². The standard InChI is InChI=1S/C25H24N2O5S/c1-31-23(32-2)15-26-24(28)18-12-13-22-20(14-18)27(16-17-8-4-3-5-9-17)25(29)19-10-6-7-11-21(19)33(22)30/h3-14,23H,15-16H2,1-2H3,(H,26,28)/t33-/m0/s1. The largest absolute Gasteiger partial charge is 0.354 e. The molecule has 33 heavy (non-hydrogen) atoms. The monoisotopic (exact) mass is 464 g/mol. The van der Waals surface area contributed by atoms with Gasteiger partial charge in [-0.15, -0.1) is 0 Å². The number of ether oxygens (including phenoxy) is 2. The molecule has 0 bridgehead atoms. The van der Waals surface area contributed by atoms with Gasteiger partial charge in [0.2, 0.25) is 0 Å². The molecule has 0 saturated heterocycles. The summed E-state index contributed by atoms with van der Waals surface area (Å²) in [4.78, 5) is 28.9. The van der Waals surface area contributed by atoms with Gasteiger partial charge in [0, 0.05) is 19.8 Å². The highest BCUT2D eigenvalue weighted by Crippen LogP contribution is 2.36. The highest BCUT2D eigenvalue weighted by atomic mass is 32.2. The molecular formula is C25H24N2O5S. The second kappa shape index (κ2) is 10.1. The van der Waals surface area contributed by atoms with Gasteiger partial charge in [-0.05, 0) is 35.9 Å². The van der Waals surface area contributed by atoms with Gasteiger partial charge in [0.25, 0.3) is 11.8 Å². The second-order valence-corrected chi connectivity index (χ2v) is 8.85. The summed E-state index contributed by atoms with van der Waals surface area (Å²) in [7, 11) is 1.40. The fourth-order valence-electron chi connectivity index (χ4n) is 3.67. The number of carbonyl (C=O) groups excluding carboxylic acids is 2. The van der Waals surface area contributed by atoms with Gasteiger partial charge in [-0.1, -0.05) is 42.5 Å². The van der Waals surface area contributed by atoms with Crippen LogP contribution in [0.3, 0.4) is 0 Å². The third kappa shape index (κ3) is 4.73. The molecule has 0 fully saturated rings. The minimum absolute atomic E-state index is 0.160. The Morgan fingerprint density at radius 1 is 0.970 bits per heavy atom. The lowest BCUT2D eigenvalue weighted by atomic mass is 10.1. The lowest BCUT2D eigenvalue weighted by Gasteiger charge is -2.23. The maximum Gasteiger partial charge on any atom is 0.259 e. The van der Waals surface area contributed by atoms with Crippen LogP contribution in [0.2, 0.25) is 0 Å². The third-order valence-corrected chi connectivity index (χ3v) is 6.91. The minimum Gasteiger partial charge on any atom is -0.354 e. The van der Waals surface area contributed by atoms with Crippen LogP contribution < -0.4 is 10.2 Å². The molecule has 1 aliphatic rings. The first-order valence-corrected chi connectivity index (χ1v) is 11.5. The maximum atomic E-state index is 13.6. The summed E-state index contributed by atoms with van der Waals surface area (Å²) in [6.45, 7) is 0.436. The van der Waals surface area contributed by atoms with Gasteiger partial charge in [-0.3, -0.25) is 9.59 Å². The first-order valence-electron chi connectivity index (χ1n) is 10.4. The molecule has 0 spiro atoms. The molecule has 0 aromatic heterocycles. The van der Waals surface area contributed by atoms with E-state index in [0.717, 1.165) is 5.56 Å². The van der Waals surface area contributed by atoms with E-state index in [4.69, 9.17) is 9.47 Å². The second-order valence-electron chi connectivity index (χ2n) is 7.44. The molecule has 7 nitrogen and oxygen atoms in total. The molecule has 0 aliphatic carbocycles. The fourth-order valence-corrected chi connectivity index (χ4v) is 5.01. The lowest BCUT2D eigenvalue weighted by molar-refractivity contribution is -0.0974. The van der Waals surface area contributed by atoms with Crippen LogP contribution in [0.25, 0.3) is 0 Å². The van der Waals surface area contributed by atoms with E-state index in [1.807, 2.05) is 30.3 Å². The zero-order valence-corrected chi connectivity index (χ0v) is 19.1. The number of benzene rings is 3. The van der Waals surface area contributed by atoms with Crippen molar-refractivity contribution < 1.29 is 23.3 Å². The predicted octanol–water partition coefficient (Wildman–Crippen LogP) is 3.36. The topological polar surface area (TPSA) is 84.9 Å². The van der Waals surface area contributed by atoms with Crippen LogP contribution in [-0.2, 0) is 26.8 Å². The summed E-state index contributed by atoms with van der Waals surface area (Å²) in [5.74, 6) is -0.616. The van der Waals surface area contributed by atoms with Gasteiger partial charge in [0.05, 0.1) is 44.9 Å². The number of carbonyl (C=O) groups is 2. The first kappa shape index (κ1) is 22.8. The summed E-state index contributed by atoms with van der Waals surface area (Å²) in [6.07, 6.45) is -0.576. The average molecular weight is 465 g/mol. The van der Waals surface area contributed by atoms with E-state index in [9.17, 15) is 13.8 Å². The number of rotatable bonds is 7. The van der Waals surface area contributed by atoms with E-state index in [2.05, 4.69) is 5.32 Å². The van der Waals surface area contributed by atoms with Crippen molar-refractivity contribution in [2.24, 2.45) is 0 Å². The van der Waals surface area contributed by atoms with E-state index in [1.54, 1.807) is 47.4 Å². The van der Waals surface area contributed by atoms with Crippen LogP contribution >= 0.6 is 0 Å². The van der Waals surface area contributed by atoms with Crippen molar-refractivity contribution >= 4 is 28.3 Å². The van der Waals surface area contributed by atoms with E-state index in [1.165, 1.54) is 14.2 Å². The molecule has 170 valence electrons. The Balaban J connectivity index is 1.76. The highest BCUT2D eigenvalue weighted by Gasteiger charge is 2.31. The molecule has 4 rings (SSSR count). The molecule has 3 aromatic carbocycles. The molecule has 8 heteroatoms. The number of nitrogens with one attached hydrogen (secondary N) is 1. The zero-order valence-electron chi connectivity index (χ0n) is 18.3. The van der Waals surface area contributed by atoms with Gasteiger partial charge in [-0.25, -0.2) is 4.21 Å². The Labute approximate surface area is 194 Å². The Morgan fingerprint density at radius 2 is 1.67 bits per heavy atom. The smallest absolute Gasteiger partial charge is 0.259 e. The molecule has 3 aromatic rings. The van der Waals surface area contributed by atoms with Crippen molar-refractivity contribution in [1.29, 1.82) is 0 Å². The van der Waals surface area contributed by atoms with Gasteiger partial charge >= 0.3 is 0 Å². The number of methoxy groups -OCH3 is 2. The maximum absolute atomic E-state index is 13.6. The SMILES string of the molecule is COC(CNC(=O)c1ccc2c(c1)N(Cc1ccccc1)C(=O)c1ccccc1[S@@]2=O)OC. The van der Waals surface area contributed by atoms with Gasteiger partial charge < -0.3 is 19.7 Å². The van der Waals surface area contributed by atoms with Crippen LogP contribution in [-0.4, -0.2) is 43.1 Å². The lowest BCUT2D eigenvalue weighted by Crippen LogP contribution is -2.34. The van der Waals surface area contributed by atoms with E-state index >= 15 is 0 Å². The Hall–Kier alpha value is -3.33. The van der Waals surface area contributed by atoms with Crippen LogP contribution in [0, 0.1) is 0 Å². The molecule has 1 atom stereocenters. The molecule has 1 aliphatic heterocycles. The molecule has 0 unspecified atom stereocenters. The van der Waals surface area contributed by atoms with Crippen molar-refractivity contribution in [2.75, 3.05) is 25.7 Å². The summed E-state index contributed by atoms with van der Waals surface area (Å²) in [5, 5.41) is 2.76. The minimum atomic E-state index is -1.58. The third-order valence-electron chi connectivity index (χ3n) is 5.41. The summed E-state index contributed by atoms with van der Waals surface area (Å²) in [5.41, 5.74) is 2.09. The van der Waals surface area contributed by atoms with Crippen LogP contribution in [0.15, 0.2) is 82.6 Å². The Bertz CT molecular complexity index is 1190. The summed E-state index contributed by atoms with van der Waals surface area (Å²) < 4.78 is 23.7. The predicted molar refractivity (Wildman–Crippen MR) is 125 cm³/mol. The van der Waals surface area contributed by atoms with Crippen LogP contribution in [0.5, 0.6) is 0 Å². The Morgan fingerprint density at radius 3 is 2.39 bits per heavy atom. The average Bonchev–Trinajstić information content (AvgIpc) is 2.94. The van der Waals surface area contributed by atoms with Crippen molar-refractivity contribution in [2.45, 2.75) is 22.6 Å². The Kier molecular flexibility index (Phi) is 6.98. The van der Waals surface area contributed by atoms with Gasteiger partial charge in [0.1, 0.15) is 0 Å². The van der Waals surface area contributed by atoms with Gasteiger partial charge in [-0.2, -0.15) is 0 Å². The van der Waals surface area contributed by atoms with Crippen molar-refractivity contribution in [3.63, 3.8) is 0 Å². The number of hydrogen-bond acceptors (Lipinski definition) is 5. The van der Waals surface area contributed by atoms with Crippen LogP contribution in [0.1, 0.15) is 26.3 Å². The normalized spacial score (nSPS) is 15.1. The molecule has 0 radical (unpaired) electrons. The number of fused-ring (bicyclic) bond motifs is 2. The summed E-state index contributed by atoms with van der Waals surface area (Å²) >= 11 is 0. The molecule has 1 N–H and O–H groups in total.